The molecule has 28 heavy (non-hydrogen) atoms. The van der Waals surface area contributed by atoms with Gasteiger partial charge in [-0.3, -0.25) is 14.5 Å². The number of hydrogen-bond donors (Lipinski definition) is 1. The molecule has 6 nitrogen and oxygen atoms in total. The summed E-state index contributed by atoms with van der Waals surface area (Å²) in [7, 11) is 0. The third-order valence-electron chi connectivity index (χ3n) is 4.61. The average Bonchev–Trinajstić information content (AvgIpc) is 3.25. The molecule has 0 spiro atoms. The summed E-state index contributed by atoms with van der Waals surface area (Å²) >= 11 is 0. The van der Waals surface area contributed by atoms with Gasteiger partial charge in [0, 0.05) is 48.8 Å². The quantitative estimate of drug-likeness (QED) is 0.562. The molecule has 1 N–H and O–H groups in total. The van der Waals surface area contributed by atoms with Crippen molar-refractivity contribution in [1.29, 1.82) is 0 Å². The van der Waals surface area contributed by atoms with E-state index in [0.717, 1.165) is 28.7 Å². The van der Waals surface area contributed by atoms with Crippen molar-refractivity contribution in [2.45, 2.75) is 13.5 Å². The Morgan fingerprint density at radius 1 is 1.11 bits per heavy atom. The zero-order valence-corrected chi connectivity index (χ0v) is 15.6. The molecule has 0 fully saturated rings. The number of para-hydroxylation sites is 1. The van der Waals surface area contributed by atoms with Gasteiger partial charge in [-0.05, 0) is 36.2 Å². The van der Waals surface area contributed by atoms with Crippen molar-refractivity contribution in [3.05, 3.63) is 78.9 Å². The summed E-state index contributed by atoms with van der Waals surface area (Å²) in [6, 6.07) is 15.3. The van der Waals surface area contributed by atoms with Crippen molar-refractivity contribution in [3.8, 4) is 11.3 Å². The van der Waals surface area contributed by atoms with Crippen LogP contribution in [0.2, 0.25) is 0 Å². The standard InChI is InChI=1S/C22H21N5O/c1-16(15-27-12-4-9-25-27)14-24-22(28)19-13-21(17-7-10-23-11-8-17)26-20-6-3-2-5-18(19)20/h2-13,16H,14-15H2,1H3,(H,24,28). The first-order valence-corrected chi connectivity index (χ1v) is 9.26. The third-order valence-corrected chi connectivity index (χ3v) is 4.61. The van der Waals surface area contributed by atoms with Crippen molar-refractivity contribution in [2.24, 2.45) is 5.92 Å². The van der Waals surface area contributed by atoms with E-state index in [9.17, 15) is 4.79 Å². The van der Waals surface area contributed by atoms with Crippen molar-refractivity contribution in [2.75, 3.05) is 6.54 Å². The molecule has 1 atom stereocenters. The molecule has 4 aromatic rings. The van der Waals surface area contributed by atoms with Gasteiger partial charge in [-0.25, -0.2) is 4.98 Å². The number of benzene rings is 1. The summed E-state index contributed by atoms with van der Waals surface area (Å²) in [5, 5.41) is 8.12. The summed E-state index contributed by atoms with van der Waals surface area (Å²) in [6.45, 7) is 3.42. The van der Waals surface area contributed by atoms with E-state index in [4.69, 9.17) is 4.98 Å². The second kappa shape index (κ2) is 8.00. The lowest BCUT2D eigenvalue weighted by Crippen LogP contribution is -2.30. The van der Waals surface area contributed by atoms with Crippen LogP contribution in [0.4, 0.5) is 0 Å². The lowest BCUT2D eigenvalue weighted by atomic mass is 10.0. The minimum absolute atomic E-state index is 0.0961. The highest BCUT2D eigenvalue weighted by Gasteiger charge is 2.15. The van der Waals surface area contributed by atoms with Crippen LogP contribution in [0.5, 0.6) is 0 Å². The molecule has 1 amide bonds. The maximum Gasteiger partial charge on any atom is 0.252 e. The number of pyridine rings is 2. The molecule has 0 aliphatic heterocycles. The Hall–Kier alpha value is -3.54. The molecular formula is C22H21N5O. The van der Waals surface area contributed by atoms with Gasteiger partial charge in [0.2, 0.25) is 0 Å². The molecule has 1 unspecified atom stereocenters. The molecule has 1 aromatic carbocycles. The summed E-state index contributed by atoms with van der Waals surface area (Å²) in [6.07, 6.45) is 7.14. The molecule has 140 valence electrons. The number of nitrogens with one attached hydrogen (secondary N) is 1. The van der Waals surface area contributed by atoms with Crippen LogP contribution in [0.3, 0.4) is 0 Å². The summed E-state index contributed by atoms with van der Waals surface area (Å²) in [5.41, 5.74) is 3.12. The normalized spacial score (nSPS) is 12.0. The maximum atomic E-state index is 13.0. The zero-order chi connectivity index (χ0) is 19.3. The molecule has 0 saturated heterocycles. The molecule has 3 aromatic heterocycles. The number of nitrogens with zero attached hydrogens (tertiary/aromatic N) is 4. The Morgan fingerprint density at radius 2 is 1.93 bits per heavy atom. The van der Waals surface area contributed by atoms with Gasteiger partial charge < -0.3 is 5.32 Å². The summed E-state index contributed by atoms with van der Waals surface area (Å²) in [5.74, 6) is 0.165. The Kier molecular flexibility index (Phi) is 5.10. The fourth-order valence-corrected chi connectivity index (χ4v) is 3.19. The van der Waals surface area contributed by atoms with Crippen molar-refractivity contribution >= 4 is 16.8 Å². The van der Waals surface area contributed by atoms with Crippen LogP contribution in [0.1, 0.15) is 17.3 Å². The van der Waals surface area contributed by atoms with Crippen LogP contribution in [-0.2, 0) is 6.54 Å². The molecule has 4 rings (SSSR count). The smallest absolute Gasteiger partial charge is 0.252 e. The molecule has 0 radical (unpaired) electrons. The lowest BCUT2D eigenvalue weighted by molar-refractivity contribution is 0.0948. The predicted octanol–water partition coefficient (Wildman–Crippen LogP) is 3.56. The molecule has 0 aliphatic rings. The number of aromatic nitrogens is 4. The van der Waals surface area contributed by atoms with Crippen LogP contribution < -0.4 is 5.32 Å². The molecule has 3 heterocycles. The largest absolute Gasteiger partial charge is 0.352 e. The van der Waals surface area contributed by atoms with Crippen LogP contribution in [0.15, 0.2) is 73.3 Å². The SMILES string of the molecule is CC(CNC(=O)c1cc(-c2ccncc2)nc2ccccc12)Cn1cccn1. The lowest BCUT2D eigenvalue weighted by Gasteiger charge is -2.14. The fourth-order valence-electron chi connectivity index (χ4n) is 3.19. The highest BCUT2D eigenvalue weighted by molar-refractivity contribution is 6.07. The average molecular weight is 371 g/mol. The van der Waals surface area contributed by atoms with Gasteiger partial charge in [-0.1, -0.05) is 25.1 Å². The second-order valence-corrected chi connectivity index (χ2v) is 6.85. The van der Waals surface area contributed by atoms with Gasteiger partial charge >= 0.3 is 0 Å². The van der Waals surface area contributed by atoms with Crippen molar-refractivity contribution in [3.63, 3.8) is 0 Å². The molecule has 6 heteroatoms. The number of amides is 1. The van der Waals surface area contributed by atoms with E-state index in [1.54, 1.807) is 18.6 Å². The highest BCUT2D eigenvalue weighted by atomic mass is 16.1. The zero-order valence-electron chi connectivity index (χ0n) is 15.6. The Labute approximate surface area is 163 Å². The number of fused-ring (bicyclic) bond motifs is 1. The van der Waals surface area contributed by atoms with Gasteiger partial charge in [0.1, 0.15) is 0 Å². The first kappa shape index (κ1) is 17.9. The minimum Gasteiger partial charge on any atom is -0.352 e. The summed E-state index contributed by atoms with van der Waals surface area (Å²) < 4.78 is 1.88. The van der Waals surface area contributed by atoms with Crippen LogP contribution >= 0.6 is 0 Å². The van der Waals surface area contributed by atoms with Crippen molar-refractivity contribution in [1.82, 2.24) is 25.1 Å². The highest BCUT2D eigenvalue weighted by Crippen LogP contribution is 2.24. The van der Waals surface area contributed by atoms with E-state index < -0.39 is 0 Å². The van der Waals surface area contributed by atoms with E-state index in [1.807, 2.05) is 59.4 Å². The second-order valence-electron chi connectivity index (χ2n) is 6.85. The van der Waals surface area contributed by atoms with Crippen molar-refractivity contribution < 1.29 is 4.79 Å². The first-order chi connectivity index (χ1) is 13.7. The maximum absolute atomic E-state index is 13.0. The molecule has 0 aliphatic carbocycles. The van der Waals surface area contributed by atoms with E-state index in [2.05, 4.69) is 22.3 Å². The topological polar surface area (TPSA) is 72.7 Å². The van der Waals surface area contributed by atoms with E-state index in [1.165, 1.54) is 0 Å². The number of carbonyl (C=O) groups is 1. The van der Waals surface area contributed by atoms with Gasteiger partial charge in [0.25, 0.3) is 5.91 Å². The third kappa shape index (κ3) is 3.91. The molecule has 0 bridgehead atoms. The van der Waals surface area contributed by atoms with E-state index >= 15 is 0 Å². The van der Waals surface area contributed by atoms with Crippen LogP contribution in [0.25, 0.3) is 22.2 Å². The van der Waals surface area contributed by atoms with E-state index in [0.29, 0.717) is 12.1 Å². The summed E-state index contributed by atoms with van der Waals surface area (Å²) in [4.78, 5) is 21.7. The van der Waals surface area contributed by atoms with Crippen LogP contribution in [0, 0.1) is 5.92 Å². The van der Waals surface area contributed by atoms with Crippen LogP contribution in [-0.4, -0.2) is 32.2 Å². The van der Waals surface area contributed by atoms with Gasteiger partial charge in [0.15, 0.2) is 0 Å². The van der Waals surface area contributed by atoms with Gasteiger partial charge in [0.05, 0.1) is 16.8 Å². The fraction of sp³-hybridized carbons (Fsp3) is 0.182. The number of rotatable bonds is 6. The van der Waals surface area contributed by atoms with E-state index in [-0.39, 0.29) is 11.8 Å². The molecular weight excluding hydrogens is 350 g/mol. The number of carbonyl (C=O) groups excluding carboxylic acids is 1. The Balaban J connectivity index is 1.58. The predicted molar refractivity (Wildman–Crippen MR) is 109 cm³/mol. The Morgan fingerprint density at radius 3 is 2.71 bits per heavy atom. The van der Waals surface area contributed by atoms with Gasteiger partial charge in [-0.15, -0.1) is 0 Å². The molecule has 0 saturated carbocycles. The number of hydrogen-bond acceptors (Lipinski definition) is 4. The minimum atomic E-state index is -0.0961. The monoisotopic (exact) mass is 371 g/mol. The Bertz CT molecular complexity index is 1080. The first-order valence-electron chi connectivity index (χ1n) is 9.26. The van der Waals surface area contributed by atoms with Gasteiger partial charge in [-0.2, -0.15) is 5.10 Å².